The van der Waals surface area contributed by atoms with Gasteiger partial charge in [-0.25, -0.2) is 9.97 Å². The summed E-state index contributed by atoms with van der Waals surface area (Å²) in [6.45, 7) is 5.65. The lowest BCUT2D eigenvalue weighted by atomic mass is 10.3. The molecule has 0 N–H and O–H groups in total. The molecule has 122 valence electrons. The van der Waals surface area contributed by atoms with E-state index in [2.05, 4.69) is 23.8 Å². The molecule has 2 rings (SSSR count). The molecule has 0 radical (unpaired) electrons. The van der Waals surface area contributed by atoms with E-state index in [0.29, 0.717) is 11.6 Å². The van der Waals surface area contributed by atoms with Crippen LogP contribution in [0.25, 0.3) is 0 Å². The number of nitrogens with zero attached hydrogens (tertiary/aromatic N) is 4. The van der Waals surface area contributed by atoms with Crippen molar-refractivity contribution in [1.82, 2.24) is 14.9 Å². The van der Waals surface area contributed by atoms with Crippen LogP contribution in [-0.2, 0) is 0 Å². The summed E-state index contributed by atoms with van der Waals surface area (Å²) in [5.74, 6) is 0.494. The predicted octanol–water partition coefficient (Wildman–Crippen LogP) is 3.51. The quantitative estimate of drug-likeness (QED) is 0.785. The number of rotatable bonds is 7. The lowest BCUT2D eigenvalue weighted by molar-refractivity contribution is 0.0749. The van der Waals surface area contributed by atoms with E-state index in [0.717, 1.165) is 31.6 Å². The average Bonchev–Trinajstić information content (AvgIpc) is 2.61. The first kappa shape index (κ1) is 16.9. The van der Waals surface area contributed by atoms with Crippen LogP contribution in [0.5, 0.6) is 0 Å². The molecule has 0 saturated carbocycles. The molecule has 1 amide bonds. The second-order valence-electron chi connectivity index (χ2n) is 5.43. The van der Waals surface area contributed by atoms with E-state index in [1.165, 1.54) is 0 Å². The minimum absolute atomic E-state index is 0.0289. The summed E-state index contributed by atoms with van der Waals surface area (Å²) in [6.07, 6.45) is 3.52. The topological polar surface area (TPSA) is 49.3 Å². The SMILES string of the molecule is CCCN(CCC)C(=O)c1ccnc(N(C)c2ccccc2)n1. The highest BCUT2D eigenvalue weighted by atomic mass is 16.2. The van der Waals surface area contributed by atoms with E-state index in [4.69, 9.17) is 0 Å². The van der Waals surface area contributed by atoms with Gasteiger partial charge in [0.1, 0.15) is 5.69 Å². The van der Waals surface area contributed by atoms with Gasteiger partial charge in [0.2, 0.25) is 5.95 Å². The normalized spacial score (nSPS) is 10.4. The highest BCUT2D eigenvalue weighted by Crippen LogP contribution is 2.19. The minimum atomic E-state index is -0.0289. The van der Waals surface area contributed by atoms with E-state index < -0.39 is 0 Å². The predicted molar refractivity (Wildman–Crippen MR) is 93.0 cm³/mol. The zero-order chi connectivity index (χ0) is 16.7. The third kappa shape index (κ3) is 4.28. The minimum Gasteiger partial charge on any atom is -0.337 e. The molecule has 23 heavy (non-hydrogen) atoms. The van der Waals surface area contributed by atoms with Gasteiger partial charge in [0.15, 0.2) is 0 Å². The van der Waals surface area contributed by atoms with Crippen LogP contribution in [0.3, 0.4) is 0 Å². The number of aromatic nitrogens is 2. The van der Waals surface area contributed by atoms with Crippen LogP contribution in [0.2, 0.25) is 0 Å². The summed E-state index contributed by atoms with van der Waals surface area (Å²) in [7, 11) is 1.90. The van der Waals surface area contributed by atoms with Crippen LogP contribution in [0.4, 0.5) is 11.6 Å². The Bertz CT molecular complexity index is 624. The third-order valence-corrected chi connectivity index (χ3v) is 3.58. The van der Waals surface area contributed by atoms with Crippen LogP contribution >= 0.6 is 0 Å². The first-order valence-electron chi connectivity index (χ1n) is 8.08. The van der Waals surface area contributed by atoms with E-state index in [1.807, 2.05) is 47.2 Å². The van der Waals surface area contributed by atoms with Crippen LogP contribution in [0.15, 0.2) is 42.6 Å². The number of amides is 1. The molecule has 2 aromatic rings. The van der Waals surface area contributed by atoms with Gasteiger partial charge in [0.25, 0.3) is 5.91 Å². The van der Waals surface area contributed by atoms with Crippen molar-refractivity contribution in [3.05, 3.63) is 48.3 Å². The van der Waals surface area contributed by atoms with E-state index >= 15 is 0 Å². The van der Waals surface area contributed by atoms with Crippen molar-refractivity contribution in [3.8, 4) is 0 Å². The van der Waals surface area contributed by atoms with Gasteiger partial charge in [0, 0.05) is 32.0 Å². The Morgan fingerprint density at radius 1 is 1.04 bits per heavy atom. The van der Waals surface area contributed by atoms with E-state index in [-0.39, 0.29) is 5.91 Å². The molecule has 0 aliphatic carbocycles. The van der Waals surface area contributed by atoms with Crippen molar-refractivity contribution in [2.45, 2.75) is 26.7 Å². The third-order valence-electron chi connectivity index (χ3n) is 3.58. The summed E-state index contributed by atoms with van der Waals surface area (Å²) in [5.41, 5.74) is 1.43. The van der Waals surface area contributed by atoms with Gasteiger partial charge >= 0.3 is 0 Å². The lowest BCUT2D eigenvalue weighted by Crippen LogP contribution is -2.33. The first-order chi connectivity index (χ1) is 11.2. The second-order valence-corrected chi connectivity index (χ2v) is 5.43. The smallest absolute Gasteiger partial charge is 0.272 e. The fourth-order valence-corrected chi connectivity index (χ4v) is 2.41. The molecule has 0 aliphatic heterocycles. The number of hydrogen-bond donors (Lipinski definition) is 0. The van der Waals surface area contributed by atoms with Crippen LogP contribution in [-0.4, -0.2) is 40.9 Å². The molecule has 0 bridgehead atoms. The van der Waals surface area contributed by atoms with Crippen LogP contribution < -0.4 is 4.90 Å². The highest BCUT2D eigenvalue weighted by Gasteiger charge is 2.17. The van der Waals surface area contributed by atoms with Gasteiger partial charge in [0.05, 0.1) is 0 Å². The standard InChI is InChI=1S/C18H24N4O/c1-4-13-22(14-5-2)17(23)16-11-12-19-18(20-16)21(3)15-9-7-6-8-10-15/h6-12H,4-5,13-14H2,1-3H3. The maximum atomic E-state index is 12.7. The number of hydrogen-bond acceptors (Lipinski definition) is 4. The summed E-state index contributed by atoms with van der Waals surface area (Å²) in [4.78, 5) is 25.1. The molecule has 0 atom stereocenters. The van der Waals surface area contributed by atoms with Crippen molar-refractivity contribution in [2.75, 3.05) is 25.0 Å². The van der Waals surface area contributed by atoms with Crippen molar-refractivity contribution >= 4 is 17.5 Å². The molecular formula is C18H24N4O. The maximum Gasteiger partial charge on any atom is 0.272 e. The largest absolute Gasteiger partial charge is 0.337 e. The van der Waals surface area contributed by atoms with Crippen molar-refractivity contribution in [3.63, 3.8) is 0 Å². The first-order valence-corrected chi connectivity index (χ1v) is 8.08. The Labute approximate surface area is 138 Å². The number of anilines is 2. The van der Waals surface area contributed by atoms with Crippen molar-refractivity contribution in [2.24, 2.45) is 0 Å². The molecule has 1 heterocycles. The zero-order valence-corrected chi connectivity index (χ0v) is 14.1. The molecular weight excluding hydrogens is 288 g/mol. The molecule has 0 aliphatic rings. The van der Waals surface area contributed by atoms with E-state index in [9.17, 15) is 4.79 Å². The molecule has 5 nitrogen and oxygen atoms in total. The van der Waals surface area contributed by atoms with Gasteiger partial charge < -0.3 is 9.80 Å². The summed E-state index contributed by atoms with van der Waals surface area (Å²) in [5, 5.41) is 0. The Balaban J connectivity index is 2.23. The Morgan fingerprint density at radius 2 is 1.70 bits per heavy atom. The summed E-state index contributed by atoms with van der Waals surface area (Å²) in [6, 6.07) is 11.5. The van der Waals surface area contributed by atoms with Crippen molar-refractivity contribution in [1.29, 1.82) is 0 Å². The highest BCUT2D eigenvalue weighted by molar-refractivity contribution is 5.92. The maximum absolute atomic E-state index is 12.7. The molecule has 0 saturated heterocycles. The number of carbonyl (C=O) groups excluding carboxylic acids is 1. The molecule has 5 heteroatoms. The lowest BCUT2D eigenvalue weighted by Gasteiger charge is -2.22. The van der Waals surface area contributed by atoms with Crippen molar-refractivity contribution < 1.29 is 4.79 Å². The number of para-hydroxylation sites is 1. The van der Waals surface area contributed by atoms with Crippen LogP contribution in [0.1, 0.15) is 37.2 Å². The summed E-state index contributed by atoms with van der Waals surface area (Å²) >= 11 is 0. The molecule has 0 fully saturated rings. The zero-order valence-electron chi connectivity index (χ0n) is 14.1. The number of benzene rings is 1. The van der Waals surface area contributed by atoms with Gasteiger partial charge in [-0.3, -0.25) is 4.79 Å². The fraction of sp³-hybridized carbons (Fsp3) is 0.389. The van der Waals surface area contributed by atoms with Gasteiger partial charge in [-0.1, -0.05) is 32.0 Å². The summed E-state index contributed by atoms with van der Waals surface area (Å²) < 4.78 is 0. The molecule has 0 spiro atoms. The molecule has 1 aromatic carbocycles. The van der Waals surface area contributed by atoms with Gasteiger partial charge in [-0.15, -0.1) is 0 Å². The Hall–Kier alpha value is -2.43. The number of carbonyl (C=O) groups is 1. The van der Waals surface area contributed by atoms with Crippen LogP contribution in [0, 0.1) is 0 Å². The fourth-order valence-electron chi connectivity index (χ4n) is 2.41. The Morgan fingerprint density at radius 3 is 2.30 bits per heavy atom. The van der Waals surface area contributed by atoms with E-state index in [1.54, 1.807) is 12.3 Å². The second kappa shape index (κ2) is 8.27. The Kier molecular flexibility index (Phi) is 6.09. The average molecular weight is 312 g/mol. The molecule has 0 unspecified atom stereocenters. The van der Waals surface area contributed by atoms with Gasteiger partial charge in [-0.05, 0) is 31.0 Å². The molecule has 1 aromatic heterocycles. The van der Waals surface area contributed by atoms with Gasteiger partial charge in [-0.2, -0.15) is 0 Å². The monoisotopic (exact) mass is 312 g/mol.